The summed E-state index contributed by atoms with van der Waals surface area (Å²) >= 11 is 0. The Morgan fingerprint density at radius 3 is 2.61 bits per heavy atom. The first-order valence-corrected chi connectivity index (χ1v) is 6.33. The van der Waals surface area contributed by atoms with Crippen LogP contribution < -0.4 is 0 Å². The molecular weight excluding hydrogens is 236 g/mol. The van der Waals surface area contributed by atoms with Crippen molar-refractivity contribution in [2.24, 2.45) is 11.8 Å². The number of hydrogen-bond donors (Lipinski definition) is 1. The molecule has 0 amide bonds. The van der Waals surface area contributed by atoms with Crippen LogP contribution in [0, 0.1) is 23.5 Å². The van der Waals surface area contributed by atoms with Crippen LogP contribution in [0.25, 0.3) is 0 Å². The molecule has 18 heavy (non-hydrogen) atoms. The molecule has 2 nitrogen and oxygen atoms in total. The quantitative estimate of drug-likeness (QED) is 0.894. The van der Waals surface area contributed by atoms with Crippen molar-refractivity contribution >= 4 is 0 Å². The Morgan fingerprint density at radius 1 is 1.33 bits per heavy atom. The van der Waals surface area contributed by atoms with Crippen LogP contribution in [0.5, 0.6) is 0 Å². The summed E-state index contributed by atoms with van der Waals surface area (Å²) in [6.45, 7) is 6.74. The fraction of sp³-hybridized carbons (Fsp3) is 0.571. The third kappa shape index (κ3) is 2.70. The van der Waals surface area contributed by atoms with Crippen LogP contribution in [0.4, 0.5) is 8.78 Å². The molecule has 1 aromatic carbocycles. The molecule has 1 aromatic rings. The van der Waals surface area contributed by atoms with Gasteiger partial charge in [-0.1, -0.05) is 26.0 Å². The van der Waals surface area contributed by atoms with Crippen molar-refractivity contribution in [2.45, 2.75) is 20.0 Å². The summed E-state index contributed by atoms with van der Waals surface area (Å²) in [5.41, 5.74) is 0.0733. The average Bonchev–Trinajstić information content (AvgIpc) is 2.25. The maximum atomic E-state index is 13.5. The smallest absolute Gasteiger partial charge is 0.164 e. The molecule has 0 saturated carbocycles. The van der Waals surface area contributed by atoms with Gasteiger partial charge in [-0.3, -0.25) is 0 Å². The zero-order chi connectivity index (χ0) is 13.3. The highest BCUT2D eigenvalue weighted by Gasteiger charge is 2.34. The summed E-state index contributed by atoms with van der Waals surface area (Å²) in [7, 11) is 0. The normalized spacial score (nSPS) is 19.0. The zero-order valence-electron chi connectivity index (χ0n) is 10.7. The van der Waals surface area contributed by atoms with E-state index >= 15 is 0 Å². The van der Waals surface area contributed by atoms with E-state index in [9.17, 15) is 13.9 Å². The fourth-order valence-corrected chi connectivity index (χ4v) is 2.48. The summed E-state index contributed by atoms with van der Waals surface area (Å²) in [6.07, 6.45) is -0.913. The number of aliphatic hydroxyl groups is 1. The van der Waals surface area contributed by atoms with Crippen molar-refractivity contribution in [1.82, 2.24) is 4.90 Å². The summed E-state index contributed by atoms with van der Waals surface area (Å²) in [6, 6.07) is 3.95. The molecule has 0 spiro atoms. The Kier molecular flexibility index (Phi) is 3.97. The van der Waals surface area contributed by atoms with E-state index in [1.165, 1.54) is 12.1 Å². The monoisotopic (exact) mass is 255 g/mol. The summed E-state index contributed by atoms with van der Waals surface area (Å²) in [5.74, 6) is -1.24. The van der Waals surface area contributed by atoms with E-state index in [2.05, 4.69) is 18.7 Å². The van der Waals surface area contributed by atoms with Gasteiger partial charge in [0.2, 0.25) is 0 Å². The van der Waals surface area contributed by atoms with Crippen molar-refractivity contribution in [3.05, 3.63) is 35.4 Å². The van der Waals surface area contributed by atoms with Gasteiger partial charge < -0.3 is 10.0 Å². The number of benzene rings is 1. The first-order chi connectivity index (χ1) is 8.49. The van der Waals surface area contributed by atoms with Gasteiger partial charge >= 0.3 is 0 Å². The number of halogens is 2. The Hall–Kier alpha value is -1.00. The van der Waals surface area contributed by atoms with Gasteiger partial charge in [0, 0.05) is 31.1 Å². The molecule has 1 aliphatic heterocycles. The van der Waals surface area contributed by atoms with Crippen molar-refractivity contribution < 1.29 is 13.9 Å². The maximum absolute atomic E-state index is 13.5. The zero-order valence-corrected chi connectivity index (χ0v) is 10.7. The van der Waals surface area contributed by atoms with Crippen LogP contribution in [0.15, 0.2) is 18.2 Å². The molecule has 1 atom stereocenters. The Morgan fingerprint density at radius 2 is 2.00 bits per heavy atom. The Bertz CT molecular complexity index is 416. The van der Waals surface area contributed by atoms with E-state index in [0.717, 1.165) is 25.7 Å². The molecule has 1 saturated heterocycles. The molecule has 1 N–H and O–H groups in total. The maximum Gasteiger partial charge on any atom is 0.164 e. The summed E-state index contributed by atoms with van der Waals surface area (Å²) in [5, 5.41) is 10.1. The van der Waals surface area contributed by atoms with Gasteiger partial charge in [0.1, 0.15) is 0 Å². The molecule has 0 aliphatic carbocycles. The predicted octanol–water partition coefficient (Wildman–Crippen LogP) is 2.59. The third-order valence-corrected chi connectivity index (χ3v) is 3.36. The highest BCUT2D eigenvalue weighted by molar-refractivity contribution is 5.22. The van der Waals surface area contributed by atoms with Crippen LogP contribution in [-0.4, -0.2) is 29.6 Å². The van der Waals surface area contributed by atoms with Crippen LogP contribution >= 0.6 is 0 Å². The van der Waals surface area contributed by atoms with Gasteiger partial charge in [0.15, 0.2) is 11.6 Å². The number of aliphatic hydroxyl groups excluding tert-OH is 1. The lowest BCUT2D eigenvalue weighted by Gasteiger charge is -2.42. The van der Waals surface area contributed by atoms with Crippen molar-refractivity contribution in [3.8, 4) is 0 Å². The van der Waals surface area contributed by atoms with Gasteiger partial charge in [-0.25, -0.2) is 8.78 Å². The molecule has 100 valence electrons. The molecule has 1 heterocycles. The van der Waals surface area contributed by atoms with Gasteiger partial charge in [0.05, 0.1) is 6.10 Å². The molecule has 4 heteroatoms. The average molecular weight is 255 g/mol. The van der Waals surface area contributed by atoms with E-state index in [1.54, 1.807) is 0 Å². The lowest BCUT2D eigenvalue weighted by molar-refractivity contribution is -0.0120. The third-order valence-electron chi connectivity index (χ3n) is 3.36. The highest BCUT2D eigenvalue weighted by atomic mass is 19.2. The lowest BCUT2D eigenvalue weighted by Crippen LogP contribution is -2.50. The first kappa shape index (κ1) is 13.4. The van der Waals surface area contributed by atoms with E-state index < -0.39 is 17.7 Å². The first-order valence-electron chi connectivity index (χ1n) is 6.33. The van der Waals surface area contributed by atoms with Gasteiger partial charge in [-0.05, 0) is 12.0 Å². The van der Waals surface area contributed by atoms with Crippen LogP contribution in [0.1, 0.15) is 25.5 Å². The SMILES string of the molecule is CC(C)CN1CC(C(O)c2cccc(F)c2F)C1. The van der Waals surface area contributed by atoms with Crippen molar-refractivity contribution in [2.75, 3.05) is 19.6 Å². The summed E-state index contributed by atoms with van der Waals surface area (Å²) < 4.78 is 26.6. The molecule has 0 radical (unpaired) electrons. The van der Waals surface area contributed by atoms with Crippen LogP contribution in [0.2, 0.25) is 0 Å². The molecule has 0 aromatic heterocycles. The second-order valence-electron chi connectivity index (χ2n) is 5.46. The summed E-state index contributed by atoms with van der Waals surface area (Å²) in [4.78, 5) is 2.22. The van der Waals surface area contributed by atoms with Crippen LogP contribution in [-0.2, 0) is 0 Å². The largest absolute Gasteiger partial charge is 0.388 e. The molecule has 0 bridgehead atoms. The Labute approximate surface area is 106 Å². The van der Waals surface area contributed by atoms with Gasteiger partial charge in [-0.15, -0.1) is 0 Å². The second kappa shape index (κ2) is 5.33. The van der Waals surface area contributed by atoms with E-state index in [0.29, 0.717) is 5.92 Å². The van der Waals surface area contributed by atoms with Crippen molar-refractivity contribution in [1.29, 1.82) is 0 Å². The minimum absolute atomic E-state index is 0.0000463. The standard InChI is InChI=1S/C14H19F2NO/c1-9(2)6-17-7-10(8-17)14(18)11-4-3-5-12(15)13(11)16/h3-5,9-10,14,18H,6-8H2,1-2H3. The highest BCUT2D eigenvalue weighted by Crippen LogP contribution is 2.32. The molecular formula is C14H19F2NO. The number of hydrogen-bond acceptors (Lipinski definition) is 2. The van der Waals surface area contributed by atoms with Gasteiger partial charge in [0.25, 0.3) is 0 Å². The number of likely N-dealkylation sites (tertiary alicyclic amines) is 1. The second-order valence-corrected chi connectivity index (χ2v) is 5.46. The lowest BCUT2D eigenvalue weighted by atomic mass is 9.88. The minimum Gasteiger partial charge on any atom is -0.388 e. The van der Waals surface area contributed by atoms with Crippen LogP contribution in [0.3, 0.4) is 0 Å². The molecule has 1 unspecified atom stereocenters. The minimum atomic E-state index is -0.924. The predicted molar refractivity (Wildman–Crippen MR) is 66.1 cm³/mol. The number of nitrogens with zero attached hydrogens (tertiary/aromatic N) is 1. The molecule has 1 aliphatic rings. The molecule has 2 rings (SSSR count). The molecule has 1 fully saturated rings. The fourth-order valence-electron chi connectivity index (χ4n) is 2.48. The Balaban J connectivity index is 1.97. The number of rotatable bonds is 4. The topological polar surface area (TPSA) is 23.5 Å². The van der Waals surface area contributed by atoms with Crippen molar-refractivity contribution in [3.63, 3.8) is 0 Å². The van der Waals surface area contributed by atoms with E-state index in [-0.39, 0.29) is 11.5 Å². The van der Waals surface area contributed by atoms with E-state index in [1.807, 2.05) is 0 Å². The van der Waals surface area contributed by atoms with Gasteiger partial charge in [-0.2, -0.15) is 0 Å². The van der Waals surface area contributed by atoms with E-state index in [4.69, 9.17) is 0 Å².